The number of nitriles is 1. The van der Waals surface area contributed by atoms with E-state index in [2.05, 4.69) is 11.1 Å². The number of nitrogens with zero attached hydrogens (tertiary/aromatic N) is 2. The molecule has 0 aliphatic carbocycles. The molecule has 0 spiro atoms. The van der Waals surface area contributed by atoms with Crippen molar-refractivity contribution in [3.8, 4) is 11.8 Å². The predicted molar refractivity (Wildman–Crippen MR) is 69.5 cm³/mol. The minimum Gasteiger partial charge on any atom is -0.486 e. The Labute approximate surface area is 111 Å². The molecule has 0 aliphatic heterocycles. The van der Waals surface area contributed by atoms with Gasteiger partial charge in [0.05, 0.1) is 11.6 Å². The minimum atomic E-state index is 0.351. The Morgan fingerprint density at radius 3 is 2.89 bits per heavy atom. The lowest BCUT2D eigenvalue weighted by Crippen LogP contribution is -1.99. The second-order valence-electron chi connectivity index (χ2n) is 3.83. The van der Waals surface area contributed by atoms with Crippen LogP contribution in [-0.4, -0.2) is 4.98 Å². The summed E-state index contributed by atoms with van der Waals surface area (Å²) in [4.78, 5) is 3.94. The Morgan fingerprint density at radius 2 is 2.22 bits per heavy atom. The van der Waals surface area contributed by atoms with Crippen molar-refractivity contribution in [1.82, 2.24) is 4.98 Å². The monoisotopic (exact) mass is 258 g/mol. The standard InChI is InChI=1S/C14H11ClN2O/c1-10-7-11(8-16)4-5-12(10)9-18-13-3-2-6-17-14(13)15/h2-7H,9H2,1H3. The van der Waals surface area contributed by atoms with Crippen molar-refractivity contribution in [3.63, 3.8) is 0 Å². The molecule has 0 saturated heterocycles. The molecule has 0 aliphatic rings. The summed E-state index contributed by atoms with van der Waals surface area (Å²) in [7, 11) is 0. The van der Waals surface area contributed by atoms with E-state index in [0.29, 0.717) is 23.1 Å². The van der Waals surface area contributed by atoms with Crippen LogP contribution in [0.3, 0.4) is 0 Å². The van der Waals surface area contributed by atoms with Crippen LogP contribution in [0.25, 0.3) is 0 Å². The quantitative estimate of drug-likeness (QED) is 0.792. The number of rotatable bonds is 3. The second-order valence-corrected chi connectivity index (χ2v) is 4.19. The third kappa shape index (κ3) is 2.79. The molecule has 0 N–H and O–H groups in total. The van der Waals surface area contributed by atoms with E-state index < -0.39 is 0 Å². The Bertz CT molecular complexity index is 605. The number of aryl methyl sites for hydroxylation is 1. The van der Waals surface area contributed by atoms with E-state index in [9.17, 15) is 0 Å². The highest BCUT2D eigenvalue weighted by molar-refractivity contribution is 6.30. The Morgan fingerprint density at radius 1 is 1.39 bits per heavy atom. The molecule has 90 valence electrons. The van der Waals surface area contributed by atoms with Crippen molar-refractivity contribution in [2.75, 3.05) is 0 Å². The zero-order valence-electron chi connectivity index (χ0n) is 9.85. The Hall–Kier alpha value is -2.05. The lowest BCUT2D eigenvalue weighted by molar-refractivity contribution is 0.304. The molecular weight excluding hydrogens is 248 g/mol. The smallest absolute Gasteiger partial charge is 0.171 e. The lowest BCUT2D eigenvalue weighted by atomic mass is 10.1. The highest BCUT2D eigenvalue weighted by atomic mass is 35.5. The average Bonchev–Trinajstić information content (AvgIpc) is 2.39. The number of halogens is 1. The fraction of sp³-hybridized carbons (Fsp3) is 0.143. The molecule has 0 amide bonds. The fourth-order valence-electron chi connectivity index (χ4n) is 1.56. The fourth-order valence-corrected chi connectivity index (χ4v) is 1.74. The van der Waals surface area contributed by atoms with Gasteiger partial charge in [-0.05, 0) is 42.3 Å². The zero-order valence-corrected chi connectivity index (χ0v) is 10.6. The first kappa shape index (κ1) is 12.4. The summed E-state index contributed by atoms with van der Waals surface area (Å²) in [5, 5.41) is 9.14. The number of pyridine rings is 1. The maximum atomic E-state index is 8.79. The van der Waals surface area contributed by atoms with E-state index in [0.717, 1.165) is 11.1 Å². The molecule has 4 heteroatoms. The first-order valence-electron chi connectivity index (χ1n) is 5.43. The van der Waals surface area contributed by atoms with Crippen LogP contribution in [0.2, 0.25) is 5.15 Å². The van der Waals surface area contributed by atoms with Gasteiger partial charge in [-0.1, -0.05) is 17.7 Å². The molecule has 0 unspecified atom stereocenters. The minimum absolute atomic E-state index is 0.351. The van der Waals surface area contributed by atoms with E-state index in [1.165, 1.54) is 0 Å². The summed E-state index contributed by atoms with van der Waals surface area (Å²) in [6.07, 6.45) is 1.61. The summed E-state index contributed by atoms with van der Waals surface area (Å²) >= 11 is 5.90. The third-order valence-electron chi connectivity index (χ3n) is 2.58. The molecule has 0 atom stereocenters. The SMILES string of the molecule is Cc1cc(C#N)ccc1COc1cccnc1Cl. The van der Waals surface area contributed by atoms with E-state index in [-0.39, 0.29) is 0 Å². The van der Waals surface area contributed by atoms with Crippen LogP contribution in [-0.2, 0) is 6.61 Å². The van der Waals surface area contributed by atoms with Gasteiger partial charge in [0, 0.05) is 6.20 Å². The summed E-state index contributed by atoms with van der Waals surface area (Å²) in [6, 6.07) is 11.1. The van der Waals surface area contributed by atoms with Gasteiger partial charge in [-0.2, -0.15) is 5.26 Å². The number of hydrogen-bond donors (Lipinski definition) is 0. The van der Waals surface area contributed by atoms with E-state index in [1.807, 2.05) is 19.1 Å². The number of benzene rings is 1. The van der Waals surface area contributed by atoms with E-state index in [4.69, 9.17) is 21.6 Å². The van der Waals surface area contributed by atoms with Gasteiger partial charge >= 0.3 is 0 Å². The van der Waals surface area contributed by atoms with E-state index in [1.54, 1.807) is 24.4 Å². The van der Waals surface area contributed by atoms with Crippen molar-refractivity contribution in [1.29, 1.82) is 5.26 Å². The summed E-state index contributed by atoms with van der Waals surface area (Å²) in [5.74, 6) is 0.558. The highest BCUT2D eigenvalue weighted by Gasteiger charge is 2.04. The van der Waals surface area contributed by atoms with Gasteiger partial charge in [0.15, 0.2) is 10.9 Å². The summed E-state index contributed by atoms with van der Waals surface area (Å²) in [6.45, 7) is 2.35. The third-order valence-corrected chi connectivity index (χ3v) is 2.86. The van der Waals surface area contributed by atoms with Gasteiger partial charge in [0.1, 0.15) is 6.61 Å². The van der Waals surface area contributed by atoms with Crippen molar-refractivity contribution >= 4 is 11.6 Å². The molecule has 0 bridgehead atoms. The maximum absolute atomic E-state index is 8.79. The van der Waals surface area contributed by atoms with Gasteiger partial charge in [0.25, 0.3) is 0 Å². The largest absolute Gasteiger partial charge is 0.486 e. The number of hydrogen-bond acceptors (Lipinski definition) is 3. The van der Waals surface area contributed by atoms with Crippen molar-refractivity contribution in [2.24, 2.45) is 0 Å². The Kier molecular flexibility index (Phi) is 3.81. The normalized spacial score (nSPS) is 9.83. The van der Waals surface area contributed by atoms with Gasteiger partial charge in [-0.3, -0.25) is 0 Å². The molecule has 18 heavy (non-hydrogen) atoms. The van der Waals surface area contributed by atoms with Crippen molar-refractivity contribution in [2.45, 2.75) is 13.5 Å². The Balaban J connectivity index is 2.12. The molecule has 0 saturated carbocycles. The average molecular weight is 259 g/mol. The predicted octanol–water partition coefficient (Wildman–Crippen LogP) is 3.49. The van der Waals surface area contributed by atoms with Gasteiger partial charge < -0.3 is 4.74 Å². The van der Waals surface area contributed by atoms with Crippen LogP contribution in [0.15, 0.2) is 36.5 Å². The van der Waals surface area contributed by atoms with Crippen LogP contribution < -0.4 is 4.74 Å². The van der Waals surface area contributed by atoms with Crippen molar-refractivity contribution in [3.05, 3.63) is 58.4 Å². The maximum Gasteiger partial charge on any atom is 0.171 e. The zero-order chi connectivity index (χ0) is 13.0. The van der Waals surface area contributed by atoms with Crippen LogP contribution in [0.5, 0.6) is 5.75 Å². The molecule has 2 aromatic rings. The van der Waals surface area contributed by atoms with Crippen molar-refractivity contribution < 1.29 is 4.74 Å². The van der Waals surface area contributed by atoms with Gasteiger partial charge in [-0.15, -0.1) is 0 Å². The van der Waals surface area contributed by atoms with E-state index >= 15 is 0 Å². The van der Waals surface area contributed by atoms with Crippen LogP contribution in [0.4, 0.5) is 0 Å². The molecular formula is C14H11ClN2O. The highest BCUT2D eigenvalue weighted by Crippen LogP contribution is 2.22. The van der Waals surface area contributed by atoms with Gasteiger partial charge in [0.2, 0.25) is 0 Å². The first-order valence-corrected chi connectivity index (χ1v) is 5.81. The molecule has 2 rings (SSSR count). The first-order chi connectivity index (χ1) is 8.70. The molecule has 0 radical (unpaired) electrons. The molecule has 3 nitrogen and oxygen atoms in total. The van der Waals surface area contributed by atoms with Crippen LogP contribution in [0.1, 0.15) is 16.7 Å². The topological polar surface area (TPSA) is 45.9 Å². The van der Waals surface area contributed by atoms with Crippen LogP contribution in [0, 0.1) is 18.3 Å². The molecule has 0 fully saturated rings. The summed E-state index contributed by atoms with van der Waals surface area (Å²) in [5.41, 5.74) is 2.69. The molecule has 1 aromatic heterocycles. The molecule has 1 heterocycles. The lowest BCUT2D eigenvalue weighted by Gasteiger charge is -2.09. The summed E-state index contributed by atoms with van der Waals surface area (Å²) < 4.78 is 5.60. The van der Waals surface area contributed by atoms with Crippen LogP contribution >= 0.6 is 11.6 Å². The number of ether oxygens (including phenoxy) is 1. The second kappa shape index (κ2) is 5.52. The molecule has 1 aromatic carbocycles. The number of aromatic nitrogens is 1. The van der Waals surface area contributed by atoms with Gasteiger partial charge in [-0.25, -0.2) is 4.98 Å².